The summed E-state index contributed by atoms with van der Waals surface area (Å²) in [5.74, 6) is -1.66. The number of aryl methyl sites for hydroxylation is 1. The Labute approximate surface area is 169 Å². The Hall–Kier alpha value is -2.75. The summed E-state index contributed by atoms with van der Waals surface area (Å²) in [5, 5.41) is 0. The molecule has 0 radical (unpaired) electrons. The highest BCUT2D eigenvalue weighted by atomic mass is 32.2. The van der Waals surface area contributed by atoms with Gasteiger partial charge in [-0.25, -0.2) is 13.2 Å². The van der Waals surface area contributed by atoms with E-state index in [1.807, 2.05) is 0 Å². The first-order chi connectivity index (χ1) is 13.8. The van der Waals surface area contributed by atoms with Crippen molar-refractivity contribution in [2.45, 2.75) is 17.9 Å². The zero-order chi connectivity index (χ0) is 21.0. The predicted octanol–water partition coefficient (Wildman–Crippen LogP) is 1.40. The highest BCUT2D eigenvalue weighted by Gasteiger charge is 2.29. The molecule has 1 fully saturated rings. The number of carbonyl (C=O) groups excluding carboxylic acids is 2. The lowest BCUT2D eigenvalue weighted by Crippen LogP contribution is -2.40. The van der Waals surface area contributed by atoms with Crippen molar-refractivity contribution >= 4 is 21.9 Å². The number of rotatable bonds is 6. The van der Waals surface area contributed by atoms with Crippen LogP contribution in [-0.4, -0.2) is 50.9 Å². The van der Waals surface area contributed by atoms with Gasteiger partial charge in [-0.15, -0.1) is 0 Å². The molecule has 0 aliphatic carbocycles. The summed E-state index contributed by atoms with van der Waals surface area (Å²) in [4.78, 5) is 24.4. The molecule has 0 bridgehead atoms. The van der Waals surface area contributed by atoms with Gasteiger partial charge in [0, 0.05) is 18.7 Å². The number of benzene rings is 2. The third-order valence-corrected chi connectivity index (χ3v) is 6.64. The summed E-state index contributed by atoms with van der Waals surface area (Å²) in [6.45, 7) is 2.77. The number of nitrogens with two attached hydrogens (primary N) is 1. The molecule has 154 valence electrons. The van der Waals surface area contributed by atoms with Crippen molar-refractivity contribution in [3.63, 3.8) is 0 Å². The Morgan fingerprint density at radius 1 is 1.10 bits per heavy atom. The van der Waals surface area contributed by atoms with Crippen molar-refractivity contribution in [1.82, 2.24) is 4.31 Å². The number of hydrogen-bond donors (Lipinski definition) is 1. The van der Waals surface area contributed by atoms with Crippen molar-refractivity contribution in [2.24, 2.45) is 5.73 Å². The number of ether oxygens (including phenoxy) is 2. The summed E-state index contributed by atoms with van der Waals surface area (Å²) in [5.41, 5.74) is 6.34. The molecule has 1 atom stereocenters. The minimum atomic E-state index is -3.79. The lowest BCUT2D eigenvalue weighted by molar-refractivity contribution is -0.127. The van der Waals surface area contributed by atoms with Crippen molar-refractivity contribution in [3.8, 4) is 0 Å². The number of sulfonamides is 1. The Bertz CT molecular complexity index is 1000. The van der Waals surface area contributed by atoms with Crippen molar-refractivity contribution in [1.29, 1.82) is 0 Å². The van der Waals surface area contributed by atoms with E-state index in [4.69, 9.17) is 15.2 Å². The Morgan fingerprint density at radius 2 is 1.76 bits per heavy atom. The maximum Gasteiger partial charge on any atom is 0.339 e. The van der Waals surface area contributed by atoms with Crippen LogP contribution >= 0.6 is 0 Å². The van der Waals surface area contributed by atoms with Gasteiger partial charge >= 0.3 is 5.97 Å². The normalized spacial score (nSPS) is 16.2. The minimum absolute atomic E-state index is 0.0178. The van der Waals surface area contributed by atoms with E-state index in [1.165, 1.54) is 22.5 Å². The molecule has 3 rings (SSSR count). The molecule has 0 saturated carbocycles. The molecule has 2 aromatic carbocycles. The van der Waals surface area contributed by atoms with Crippen molar-refractivity contribution in [2.75, 3.05) is 26.3 Å². The van der Waals surface area contributed by atoms with Gasteiger partial charge in [-0.1, -0.05) is 36.4 Å². The number of nitrogens with zero attached hydrogens (tertiary/aromatic N) is 1. The van der Waals surface area contributed by atoms with Crippen LogP contribution in [-0.2, 0) is 24.3 Å². The van der Waals surface area contributed by atoms with Gasteiger partial charge in [0.2, 0.25) is 16.1 Å². The summed E-state index contributed by atoms with van der Waals surface area (Å²) < 4.78 is 37.8. The van der Waals surface area contributed by atoms with E-state index in [9.17, 15) is 18.0 Å². The molecule has 1 heterocycles. The molecule has 1 unspecified atom stereocenters. The van der Waals surface area contributed by atoms with E-state index in [2.05, 4.69) is 0 Å². The molecular formula is C20H22N2O6S. The first-order valence-corrected chi connectivity index (χ1v) is 10.5. The largest absolute Gasteiger partial charge is 0.444 e. The summed E-state index contributed by atoms with van der Waals surface area (Å²) in [6.07, 6.45) is -1.27. The number of primary amides is 1. The van der Waals surface area contributed by atoms with E-state index in [1.54, 1.807) is 37.3 Å². The molecule has 1 aliphatic rings. The lowest BCUT2D eigenvalue weighted by Gasteiger charge is -2.26. The molecule has 1 saturated heterocycles. The Kier molecular flexibility index (Phi) is 6.31. The van der Waals surface area contributed by atoms with Gasteiger partial charge < -0.3 is 15.2 Å². The quantitative estimate of drug-likeness (QED) is 0.709. The van der Waals surface area contributed by atoms with Gasteiger partial charge in [-0.05, 0) is 24.6 Å². The Morgan fingerprint density at radius 3 is 2.38 bits per heavy atom. The second-order valence-corrected chi connectivity index (χ2v) is 8.50. The average Bonchev–Trinajstić information content (AvgIpc) is 2.73. The molecule has 1 aliphatic heterocycles. The fraction of sp³-hybridized carbons (Fsp3) is 0.300. The van der Waals surface area contributed by atoms with Crippen LogP contribution < -0.4 is 5.73 Å². The van der Waals surface area contributed by atoms with E-state index in [-0.39, 0.29) is 23.5 Å². The first-order valence-electron chi connectivity index (χ1n) is 9.04. The Balaban J connectivity index is 1.88. The average molecular weight is 418 g/mol. The van der Waals surface area contributed by atoms with E-state index in [0.29, 0.717) is 24.3 Å². The van der Waals surface area contributed by atoms with Gasteiger partial charge in [0.15, 0.2) is 0 Å². The third-order valence-electron chi connectivity index (χ3n) is 4.60. The van der Waals surface area contributed by atoms with Gasteiger partial charge in [0.25, 0.3) is 5.91 Å². The zero-order valence-corrected chi connectivity index (χ0v) is 16.7. The van der Waals surface area contributed by atoms with Gasteiger partial charge in [-0.3, -0.25) is 4.79 Å². The molecule has 2 N–H and O–H groups in total. The topological polar surface area (TPSA) is 116 Å². The number of esters is 1. The molecule has 29 heavy (non-hydrogen) atoms. The van der Waals surface area contributed by atoms with Crippen LogP contribution in [0, 0.1) is 6.92 Å². The SMILES string of the molecule is Cc1ccc(C(=O)OC(C(N)=O)c2ccccc2)cc1S(=O)(=O)N1CCOCC1. The molecular weight excluding hydrogens is 396 g/mol. The zero-order valence-electron chi connectivity index (χ0n) is 15.9. The van der Waals surface area contributed by atoms with Gasteiger partial charge in [0.1, 0.15) is 0 Å². The fourth-order valence-electron chi connectivity index (χ4n) is 3.02. The maximum atomic E-state index is 13.0. The highest BCUT2D eigenvalue weighted by molar-refractivity contribution is 7.89. The van der Waals surface area contributed by atoms with Crippen LogP contribution in [0.1, 0.15) is 27.6 Å². The predicted molar refractivity (Wildman–Crippen MR) is 105 cm³/mol. The minimum Gasteiger partial charge on any atom is -0.444 e. The highest BCUT2D eigenvalue weighted by Crippen LogP contribution is 2.24. The van der Waals surface area contributed by atoms with Crippen molar-refractivity contribution in [3.05, 3.63) is 65.2 Å². The van der Waals surface area contributed by atoms with E-state index in [0.717, 1.165) is 0 Å². The second kappa shape index (κ2) is 8.73. The molecule has 9 heteroatoms. The van der Waals surface area contributed by atoms with Crippen LogP contribution in [0.15, 0.2) is 53.4 Å². The fourth-order valence-corrected chi connectivity index (χ4v) is 4.68. The van der Waals surface area contributed by atoms with Gasteiger partial charge in [0.05, 0.1) is 23.7 Å². The monoisotopic (exact) mass is 418 g/mol. The molecule has 0 aromatic heterocycles. The maximum absolute atomic E-state index is 13.0. The van der Waals surface area contributed by atoms with Crippen LogP contribution in [0.5, 0.6) is 0 Å². The summed E-state index contributed by atoms with van der Waals surface area (Å²) >= 11 is 0. The molecule has 8 nitrogen and oxygen atoms in total. The smallest absolute Gasteiger partial charge is 0.339 e. The van der Waals surface area contributed by atoms with Crippen LogP contribution in [0.3, 0.4) is 0 Å². The molecule has 0 spiro atoms. The number of carbonyl (C=O) groups is 2. The number of amides is 1. The standard InChI is InChI=1S/C20H22N2O6S/c1-14-7-8-16(13-17(14)29(25,26)22-9-11-27-12-10-22)20(24)28-18(19(21)23)15-5-3-2-4-6-15/h2-8,13,18H,9-12H2,1H3,(H2,21,23). The van der Waals surface area contributed by atoms with Gasteiger partial charge in [-0.2, -0.15) is 4.31 Å². The van der Waals surface area contributed by atoms with Crippen LogP contribution in [0.2, 0.25) is 0 Å². The third kappa shape index (κ3) is 4.64. The lowest BCUT2D eigenvalue weighted by atomic mass is 10.1. The number of morpholine rings is 1. The first kappa shape index (κ1) is 21.0. The summed E-state index contributed by atoms with van der Waals surface area (Å²) in [7, 11) is -3.79. The van der Waals surface area contributed by atoms with Crippen molar-refractivity contribution < 1.29 is 27.5 Å². The van der Waals surface area contributed by atoms with Crippen LogP contribution in [0.25, 0.3) is 0 Å². The summed E-state index contributed by atoms with van der Waals surface area (Å²) in [6, 6.07) is 12.6. The van der Waals surface area contributed by atoms with E-state index < -0.39 is 28.0 Å². The second-order valence-electron chi connectivity index (χ2n) is 6.60. The molecule has 2 aromatic rings. The van der Waals surface area contributed by atoms with Crippen LogP contribution in [0.4, 0.5) is 0 Å². The van der Waals surface area contributed by atoms with E-state index >= 15 is 0 Å². The molecule has 1 amide bonds. The number of hydrogen-bond acceptors (Lipinski definition) is 6.